The molecule has 0 spiro atoms. The van der Waals surface area contributed by atoms with Gasteiger partial charge in [-0.25, -0.2) is 4.98 Å². The number of rotatable bonds is 1. The first-order valence-electron chi connectivity index (χ1n) is 5.16. The fraction of sp³-hybridized carbons (Fsp3) is 0. The molecule has 0 atom stereocenters. The smallest absolute Gasteiger partial charge is 0.155 e. The summed E-state index contributed by atoms with van der Waals surface area (Å²) in [5.74, 6) is 0. The molecule has 0 amide bonds. The molecule has 0 radical (unpaired) electrons. The van der Waals surface area contributed by atoms with Crippen LogP contribution in [-0.4, -0.2) is 15.0 Å². The summed E-state index contributed by atoms with van der Waals surface area (Å²) in [5.41, 5.74) is 2.53. The average Bonchev–Trinajstić information content (AvgIpc) is 2.39. The first-order valence-corrected chi connectivity index (χ1v) is 5.54. The second kappa shape index (κ2) is 4.11. The maximum atomic E-state index is 6.02. The maximum Gasteiger partial charge on any atom is 0.155 e. The molecule has 0 saturated heterocycles. The van der Waals surface area contributed by atoms with Crippen LogP contribution < -0.4 is 0 Å². The quantitative estimate of drug-likeness (QED) is 0.656. The van der Waals surface area contributed by atoms with Gasteiger partial charge in [-0.15, -0.1) is 0 Å². The minimum atomic E-state index is 0.405. The average molecular weight is 242 g/mol. The Balaban J connectivity index is 2.22. The van der Waals surface area contributed by atoms with Crippen molar-refractivity contribution in [2.24, 2.45) is 0 Å². The molecule has 4 heteroatoms. The molecule has 0 saturated carbocycles. The Kier molecular flexibility index (Phi) is 2.46. The zero-order valence-corrected chi connectivity index (χ0v) is 9.59. The molecule has 0 bridgehead atoms. The third kappa shape index (κ3) is 1.85. The van der Waals surface area contributed by atoms with Gasteiger partial charge in [-0.05, 0) is 12.1 Å². The van der Waals surface area contributed by atoms with Crippen LogP contribution in [0.15, 0.2) is 48.9 Å². The first-order chi connectivity index (χ1) is 8.34. The third-order valence-corrected chi connectivity index (χ3v) is 2.81. The van der Waals surface area contributed by atoms with Crippen molar-refractivity contribution in [3.63, 3.8) is 0 Å². The molecule has 0 unspecified atom stereocenters. The molecular weight excluding hydrogens is 234 g/mol. The van der Waals surface area contributed by atoms with Crippen molar-refractivity contribution in [2.75, 3.05) is 0 Å². The van der Waals surface area contributed by atoms with Gasteiger partial charge in [0.2, 0.25) is 0 Å². The number of pyridine rings is 1. The lowest BCUT2D eigenvalue weighted by Crippen LogP contribution is -1.88. The van der Waals surface area contributed by atoms with E-state index in [-0.39, 0.29) is 0 Å². The highest BCUT2D eigenvalue weighted by Crippen LogP contribution is 2.25. The highest BCUT2D eigenvalue weighted by Gasteiger charge is 2.06. The summed E-state index contributed by atoms with van der Waals surface area (Å²) >= 11 is 6.02. The SMILES string of the molecule is Clc1nccnc1-c1ccc2cccnc2c1. The van der Waals surface area contributed by atoms with Crippen molar-refractivity contribution < 1.29 is 0 Å². The topological polar surface area (TPSA) is 38.7 Å². The minimum Gasteiger partial charge on any atom is -0.256 e. The summed E-state index contributed by atoms with van der Waals surface area (Å²) < 4.78 is 0. The fourth-order valence-electron chi connectivity index (χ4n) is 1.73. The Hall–Kier alpha value is -2.00. The van der Waals surface area contributed by atoms with E-state index in [1.807, 2.05) is 30.3 Å². The summed E-state index contributed by atoms with van der Waals surface area (Å²) in [6, 6.07) is 9.87. The summed E-state index contributed by atoms with van der Waals surface area (Å²) in [6.45, 7) is 0. The van der Waals surface area contributed by atoms with Crippen LogP contribution in [0.5, 0.6) is 0 Å². The Labute approximate surface area is 103 Å². The lowest BCUT2D eigenvalue weighted by atomic mass is 10.1. The predicted molar refractivity (Wildman–Crippen MR) is 67.8 cm³/mol. The van der Waals surface area contributed by atoms with Crippen LogP contribution in [0, 0.1) is 0 Å². The molecule has 3 rings (SSSR count). The summed E-state index contributed by atoms with van der Waals surface area (Å²) in [4.78, 5) is 12.6. The first kappa shape index (κ1) is 10.2. The van der Waals surface area contributed by atoms with Crippen molar-refractivity contribution in [1.29, 1.82) is 0 Å². The Morgan fingerprint density at radius 1 is 0.882 bits per heavy atom. The van der Waals surface area contributed by atoms with Crippen LogP contribution in [0.4, 0.5) is 0 Å². The van der Waals surface area contributed by atoms with Crippen LogP contribution in [0.2, 0.25) is 5.15 Å². The molecule has 0 N–H and O–H groups in total. The zero-order chi connectivity index (χ0) is 11.7. The third-order valence-electron chi connectivity index (χ3n) is 2.53. The van der Waals surface area contributed by atoms with Crippen molar-refractivity contribution in [2.45, 2.75) is 0 Å². The second-order valence-electron chi connectivity index (χ2n) is 3.61. The highest BCUT2D eigenvalue weighted by molar-refractivity contribution is 6.31. The number of hydrogen-bond donors (Lipinski definition) is 0. The van der Waals surface area contributed by atoms with Crippen molar-refractivity contribution in [1.82, 2.24) is 15.0 Å². The number of benzene rings is 1. The predicted octanol–water partition coefficient (Wildman–Crippen LogP) is 3.35. The number of nitrogens with zero attached hydrogens (tertiary/aromatic N) is 3. The van der Waals surface area contributed by atoms with E-state index in [0.29, 0.717) is 10.8 Å². The summed E-state index contributed by atoms with van der Waals surface area (Å²) in [7, 11) is 0. The van der Waals surface area contributed by atoms with E-state index < -0.39 is 0 Å². The molecule has 82 valence electrons. The van der Waals surface area contributed by atoms with Gasteiger partial charge in [-0.1, -0.05) is 29.8 Å². The van der Waals surface area contributed by atoms with Crippen LogP contribution >= 0.6 is 11.6 Å². The molecule has 0 aliphatic rings. The van der Waals surface area contributed by atoms with E-state index in [4.69, 9.17) is 11.6 Å². The molecule has 3 nitrogen and oxygen atoms in total. The van der Waals surface area contributed by atoms with Gasteiger partial charge in [0.1, 0.15) is 5.69 Å². The van der Waals surface area contributed by atoms with Gasteiger partial charge in [-0.2, -0.15) is 0 Å². The lowest BCUT2D eigenvalue weighted by molar-refractivity contribution is 1.21. The van der Waals surface area contributed by atoms with Gasteiger partial charge >= 0.3 is 0 Å². The lowest BCUT2D eigenvalue weighted by Gasteiger charge is -2.03. The minimum absolute atomic E-state index is 0.405. The van der Waals surface area contributed by atoms with Crippen LogP contribution in [0.3, 0.4) is 0 Å². The van der Waals surface area contributed by atoms with Crippen LogP contribution in [0.1, 0.15) is 0 Å². The van der Waals surface area contributed by atoms with E-state index in [2.05, 4.69) is 15.0 Å². The molecule has 2 heterocycles. The summed E-state index contributed by atoms with van der Waals surface area (Å²) in [5, 5.41) is 1.50. The maximum absolute atomic E-state index is 6.02. The largest absolute Gasteiger partial charge is 0.256 e. The molecule has 0 aliphatic heterocycles. The van der Waals surface area contributed by atoms with Gasteiger partial charge < -0.3 is 0 Å². The van der Waals surface area contributed by atoms with Crippen molar-refractivity contribution >= 4 is 22.5 Å². The molecule has 2 aromatic heterocycles. The molecule has 17 heavy (non-hydrogen) atoms. The molecule has 3 aromatic rings. The number of hydrogen-bond acceptors (Lipinski definition) is 3. The molecule has 0 aliphatic carbocycles. The van der Waals surface area contributed by atoms with Crippen molar-refractivity contribution in [3.8, 4) is 11.3 Å². The number of halogens is 1. The van der Waals surface area contributed by atoms with E-state index in [0.717, 1.165) is 16.5 Å². The highest BCUT2D eigenvalue weighted by atomic mass is 35.5. The number of fused-ring (bicyclic) bond motifs is 1. The van der Waals surface area contributed by atoms with Crippen molar-refractivity contribution in [3.05, 3.63) is 54.1 Å². The zero-order valence-electron chi connectivity index (χ0n) is 8.84. The van der Waals surface area contributed by atoms with Gasteiger partial charge in [0.25, 0.3) is 0 Å². The van der Waals surface area contributed by atoms with Crippen LogP contribution in [-0.2, 0) is 0 Å². The Morgan fingerprint density at radius 2 is 1.76 bits per heavy atom. The Bertz CT molecular complexity index is 682. The Morgan fingerprint density at radius 3 is 2.65 bits per heavy atom. The standard InChI is InChI=1S/C13H8ClN3/c14-13-12(16-6-7-17-13)10-4-3-9-2-1-5-15-11(9)8-10/h1-8H. The van der Waals surface area contributed by atoms with Crippen LogP contribution in [0.25, 0.3) is 22.2 Å². The second-order valence-corrected chi connectivity index (χ2v) is 3.96. The van der Waals surface area contributed by atoms with Gasteiger partial charge in [0.15, 0.2) is 5.15 Å². The van der Waals surface area contributed by atoms with Gasteiger partial charge in [0.05, 0.1) is 5.52 Å². The van der Waals surface area contributed by atoms with E-state index in [9.17, 15) is 0 Å². The van der Waals surface area contributed by atoms with Gasteiger partial charge in [0, 0.05) is 29.5 Å². The van der Waals surface area contributed by atoms with E-state index in [1.165, 1.54) is 0 Å². The van der Waals surface area contributed by atoms with Gasteiger partial charge in [-0.3, -0.25) is 9.97 Å². The number of aromatic nitrogens is 3. The summed E-state index contributed by atoms with van der Waals surface area (Å²) in [6.07, 6.45) is 4.97. The molecular formula is C13H8ClN3. The molecule has 0 fully saturated rings. The fourth-order valence-corrected chi connectivity index (χ4v) is 1.94. The van der Waals surface area contributed by atoms with E-state index >= 15 is 0 Å². The monoisotopic (exact) mass is 241 g/mol. The van der Waals surface area contributed by atoms with E-state index in [1.54, 1.807) is 18.6 Å². The normalized spacial score (nSPS) is 10.6. The molecule has 1 aromatic carbocycles.